The largest absolute Gasteiger partial charge is 0.486 e. The van der Waals surface area contributed by atoms with E-state index in [1.54, 1.807) is 17.2 Å². The van der Waals surface area contributed by atoms with E-state index in [1.165, 1.54) is 11.8 Å². The van der Waals surface area contributed by atoms with E-state index in [0.717, 1.165) is 41.4 Å². The first-order valence-electron chi connectivity index (χ1n) is 11.3. The van der Waals surface area contributed by atoms with Crippen LogP contribution in [0.5, 0.6) is 11.5 Å². The third-order valence-corrected chi connectivity index (χ3v) is 7.80. The van der Waals surface area contributed by atoms with E-state index in [-0.39, 0.29) is 5.91 Å². The van der Waals surface area contributed by atoms with Gasteiger partial charge >= 0.3 is 0 Å². The van der Waals surface area contributed by atoms with Crippen molar-refractivity contribution in [2.45, 2.75) is 35.9 Å². The minimum atomic E-state index is -0.426. The summed E-state index contributed by atoms with van der Waals surface area (Å²) in [5, 5.41) is 10.4. The second-order valence-electron chi connectivity index (χ2n) is 8.41. The molecule has 34 heavy (non-hydrogen) atoms. The minimum absolute atomic E-state index is 0.197. The Morgan fingerprint density at radius 3 is 2.71 bits per heavy atom. The maximum Gasteiger partial charge on any atom is 0.248 e. The van der Waals surface area contributed by atoms with Crippen LogP contribution in [0.2, 0.25) is 5.02 Å². The van der Waals surface area contributed by atoms with Crippen molar-refractivity contribution in [2.75, 3.05) is 38.6 Å². The number of amides is 1. The molecule has 2 aromatic heterocycles. The third-order valence-electron chi connectivity index (χ3n) is 6.32. The number of hydrogen-bond acceptors (Lipinski definition) is 8. The summed E-state index contributed by atoms with van der Waals surface area (Å²) in [6.45, 7) is 2.69. The van der Waals surface area contributed by atoms with Crippen molar-refractivity contribution in [1.82, 2.24) is 19.4 Å². The first-order valence-corrected chi connectivity index (χ1v) is 12.5. The number of halogens is 1. The molecular weight excluding hydrogens is 478 g/mol. The molecular formula is C23H26ClN5O4S. The van der Waals surface area contributed by atoms with Crippen LogP contribution >= 0.6 is 23.4 Å². The highest BCUT2D eigenvalue weighted by Gasteiger charge is 2.24. The van der Waals surface area contributed by atoms with Gasteiger partial charge in [0.15, 0.2) is 22.5 Å². The molecule has 11 heteroatoms. The summed E-state index contributed by atoms with van der Waals surface area (Å²) in [6, 6.07) is 5.60. The number of nitrogens with zero attached hydrogens (tertiary/aromatic N) is 4. The zero-order valence-electron chi connectivity index (χ0n) is 18.6. The van der Waals surface area contributed by atoms with Gasteiger partial charge in [0.05, 0.1) is 10.5 Å². The average Bonchev–Trinajstić information content (AvgIpc) is 3.21. The number of nitrogen functional groups attached to an aromatic ring is 1. The Hall–Kier alpha value is -2.69. The minimum Gasteiger partial charge on any atom is -0.486 e. The third kappa shape index (κ3) is 4.62. The smallest absolute Gasteiger partial charge is 0.248 e. The number of anilines is 1. The van der Waals surface area contributed by atoms with Gasteiger partial charge in [0, 0.05) is 36.8 Å². The van der Waals surface area contributed by atoms with Crippen molar-refractivity contribution >= 4 is 46.1 Å². The Labute approximate surface area is 206 Å². The number of aromatic nitrogens is 3. The maximum atomic E-state index is 11.7. The second-order valence-corrected chi connectivity index (χ2v) is 9.83. The number of aliphatic hydroxyl groups is 1. The fourth-order valence-corrected chi connectivity index (χ4v) is 5.67. The van der Waals surface area contributed by atoms with Crippen molar-refractivity contribution in [3.05, 3.63) is 29.4 Å². The first-order chi connectivity index (χ1) is 16.5. The molecule has 0 radical (unpaired) electrons. The summed E-state index contributed by atoms with van der Waals surface area (Å²) in [4.78, 5) is 23.3. The second kappa shape index (κ2) is 9.89. The van der Waals surface area contributed by atoms with Crippen molar-refractivity contribution in [2.24, 2.45) is 5.92 Å². The quantitative estimate of drug-likeness (QED) is 0.527. The van der Waals surface area contributed by atoms with Crippen LogP contribution in [-0.2, 0) is 11.3 Å². The fraction of sp³-hybridized carbons (Fsp3) is 0.435. The molecule has 180 valence electrons. The highest BCUT2D eigenvalue weighted by atomic mass is 35.5. The van der Waals surface area contributed by atoms with Gasteiger partial charge in [0.1, 0.15) is 25.3 Å². The molecule has 4 heterocycles. The number of aliphatic hydroxyl groups excluding tert-OH is 1. The number of pyridine rings is 1. The average molecular weight is 504 g/mol. The molecule has 1 fully saturated rings. The van der Waals surface area contributed by atoms with Gasteiger partial charge in [-0.3, -0.25) is 4.79 Å². The Morgan fingerprint density at radius 1 is 1.24 bits per heavy atom. The molecule has 0 aliphatic carbocycles. The zero-order valence-corrected chi connectivity index (χ0v) is 20.1. The van der Waals surface area contributed by atoms with E-state index in [0.29, 0.717) is 60.1 Å². The fourth-order valence-electron chi connectivity index (χ4n) is 4.45. The SMILES string of the molecule is Nc1nccc2c1nc(Sc1cc3c(cc1Cl)OCCO3)n2CCC1CCN(C(=O)CO)CC1. The maximum absolute atomic E-state index is 11.7. The number of likely N-dealkylation sites (tertiary alicyclic amines) is 1. The number of benzene rings is 1. The van der Waals surface area contributed by atoms with E-state index in [2.05, 4.69) is 9.55 Å². The monoisotopic (exact) mass is 503 g/mol. The summed E-state index contributed by atoms with van der Waals surface area (Å²) >= 11 is 8.03. The number of rotatable bonds is 6. The summed E-state index contributed by atoms with van der Waals surface area (Å²) in [7, 11) is 0. The van der Waals surface area contributed by atoms with Gasteiger partial charge in [-0.25, -0.2) is 9.97 Å². The number of aryl methyl sites for hydroxylation is 1. The van der Waals surface area contributed by atoms with E-state index in [4.69, 9.17) is 36.9 Å². The highest BCUT2D eigenvalue weighted by Crippen LogP contribution is 2.42. The summed E-state index contributed by atoms with van der Waals surface area (Å²) in [5.74, 6) is 1.99. The molecule has 1 saturated heterocycles. The number of fused-ring (bicyclic) bond motifs is 2. The Morgan fingerprint density at radius 2 is 1.97 bits per heavy atom. The van der Waals surface area contributed by atoms with Gasteiger partial charge in [-0.2, -0.15) is 0 Å². The molecule has 3 aromatic rings. The van der Waals surface area contributed by atoms with Crippen LogP contribution in [0.3, 0.4) is 0 Å². The van der Waals surface area contributed by atoms with E-state index in [9.17, 15) is 4.79 Å². The van der Waals surface area contributed by atoms with Crippen molar-refractivity contribution in [3.8, 4) is 11.5 Å². The van der Waals surface area contributed by atoms with Crippen molar-refractivity contribution in [1.29, 1.82) is 0 Å². The lowest BCUT2D eigenvalue weighted by Gasteiger charge is -2.31. The highest BCUT2D eigenvalue weighted by molar-refractivity contribution is 7.99. The van der Waals surface area contributed by atoms with Crippen molar-refractivity contribution < 1.29 is 19.4 Å². The molecule has 2 aliphatic heterocycles. The van der Waals surface area contributed by atoms with Crippen LogP contribution in [0, 0.1) is 5.92 Å². The molecule has 1 amide bonds. The van der Waals surface area contributed by atoms with Gasteiger partial charge in [-0.15, -0.1) is 0 Å². The molecule has 0 bridgehead atoms. The number of ether oxygens (including phenoxy) is 2. The van der Waals surface area contributed by atoms with Gasteiger partial charge in [0.25, 0.3) is 0 Å². The van der Waals surface area contributed by atoms with Crippen LogP contribution in [0.1, 0.15) is 19.3 Å². The van der Waals surface area contributed by atoms with Crippen molar-refractivity contribution in [3.63, 3.8) is 0 Å². The lowest BCUT2D eigenvalue weighted by atomic mass is 9.93. The Bertz CT molecular complexity index is 1210. The van der Waals surface area contributed by atoms with Crippen LogP contribution < -0.4 is 15.2 Å². The van der Waals surface area contributed by atoms with Crippen LogP contribution in [-0.4, -0.2) is 63.4 Å². The topological polar surface area (TPSA) is 116 Å². The number of hydrogen-bond donors (Lipinski definition) is 2. The van der Waals surface area contributed by atoms with E-state index in [1.807, 2.05) is 12.1 Å². The molecule has 0 saturated carbocycles. The number of carbonyl (C=O) groups excluding carboxylic acids is 1. The predicted octanol–water partition coefficient (Wildman–Crippen LogP) is 3.21. The molecule has 9 nitrogen and oxygen atoms in total. The standard InChI is InChI=1S/C23H26ClN5O4S/c24-15-11-17-18(33-10-9-32-17)12-19(15)34-23-27-21-16(1-5-26-22(21)25)29(23)8-4-14-2-6-28(7-3-14)20(31)13-30/h1,5,11-12,14,30H,2-4,6-10,13H2,(H2,25,26). The lowest BCUT2D eigenvalue weighted by Crippen LogP contribution is -2.40. The van der Waals surface area contributed by atoms with Crippen LogP contribution in [0.25, 0.3) is 11.0 Å². The molecule has 2 aliphatic rings. The van der Waals surface area contributed by atoms with Gasteiger partial charge in [0.2, 0.25) is 5.91 Å². The van der Waals surface area contributed by atoms with Crippen LogP contribution in [0.15, 0.2) is 34.4 Å². The first kappa shape index (κ1) is 23.1. The van der Waals surface area contributed by atoms with Gasteiger partial charge in [-0.05, 0) is 49.1 Å². The van der Waals surface area contributed by atoms with Gasteiger partial charge < -0.3 is 29.8 Å². The number of piperidine rings is 1. The number of nitrogens with two attached hydrogens (primary N) is 1. The van der Waals surface area contributed by atoms with E-state index >= 15 is 0 Å². The van der Waals surface area contributed by atoms with Gasteiger partial charge in [-0.1, -0.05) is 11.6 Å². The molecule has 0 unspecified atom stereocenters. The molecule has 3 N–H and O–H groups in total. The molecule has 0 atom stereocenters. The summed E-state index contributed by atoms with van der Waals surface area (Å²) < 4.78 is 13.5. The summed E-state index contributed by atoms with van der Waals surface area (Å²) in [5.41, 5.74) is 7.73. The molecule has 5 rings (SSSR count). The molecule has 0 spiro atoms. The normalized spacial score (nSPS) is 16.2. The predicted molar refractivity (Wildman–Crippen MR) is 130 cm³/mol. The molecule has 1 aromatic carbocycles. The summed E-state index contributed by atoms with van der Waals surface area (Å²) in [6.07, 6.45) is 4.47. The Balaban J connectivity index is 1.38. The lowest BCUT2D eigenvalue weighted by molar-refractivity contribution is -0.135. The Kier molecular flexibility index (Phi) is 6.71. The van der Waals surface area contributed by atoms with E-state index < -0.39 is 6.61 Å². The number of imidazole rings is 1. The van der Waals surface area contributed by atoms with Crippen LogP contribution in [0.4, 0.5) is 5.82 Å². The number of carbonyl (C=O) groups is 1. The zero-order chi connectivity index (χ0) is 23.7.